The van der Waals surface area contributed by atoms with E-state index in [2.05, 4.69) is 10.5 Å². The van der Waals surface area contributed by atoms with Crippen molar-refractivity contribution >= 4 is 11.8 Å². The fourth-order valence-electron chi connectivity index (χ4n) is 1.51. The van der Waals surface area contributed by atoms with Crippen molar-refractivity contribution in [2.24, 2.45) is 5.84 Å². The molecule has 7 heteroatoms. The third kappa shape index (κ3) is 2.37. The molecule has 1 unspecified atom stereocenters. The average Bonchev–Trinajstić information content (AvgIpc) is 2.57. The number of nitrogens with zero attached hydrogens (tertiary/aromatic N) is 1. The van der Waals surface area contributed by atoms with Crippen molar-refractivity contribution in [2.75, 3.05) is 0 Å². The van der Waals surface area contributed by atoms with Crippen LogP contribution in [0, 0.1) is 13.8 Å². The number of aryl methyl sites for hydroxylation is 2. The van der Waals surface area contributed by atoms with Gasteiger partial charge >= 0.3 is 11.8 Å². The van der Waals surface area contributed by atoms with Crippen molar-refractivity contribution < 1.29 is 14.1 Å². The van der Waals surface area contributed by atoms with Crippen molar-refractivity contribution in [3.8, 4) is 0 Å². The van der Waals surface area contributed by atoms with Crippen LogP contribution in [-0.4, -0.2) is 17.0 Å². The van der Waals surface area contributed by atoms with E-state index >= 15 is 0 Å². The number of aromatic nitrogens is 1. The Morgan fingerprint density at radius 3 is 2.44 bits per heavy atom. The standard InChI is InChI=1S/C9H14N4O3/c1-4(11-8(14)9(15)12-10)7-5(2)13-16-6(7)3/h4H,10H2,1-3H3,(H,11,14)(H,12,15). The van der Waals surface area contributed by atoms with Crippen molar-refractivity contribution in [3.05, 3.63) is 17.0 Å². The summed E-state index contributed by atoms with van der Waals surface area (Å²) in [5.41, 5.74) is 3.20. The number of nitrogens with two attached hydrogens (primary N) is 1. The van der Waals surface area contributed by atoms with E-state index in [1.807, 2.05) is 0 Å². The number of hydrogen-bond acceptors (Lipinski definition) is 5. The Kier molecular flexibility index (Phi) is 3.62. The van der Waals surface area contributed by atoms with Crippen molar-refractivity contribution in [1.29, 1.82) is 0 Å². The van der Waals surface area contributed by atoms with E-state index in [1.165, 1.54) is 0 Å². The Balaban J connectivity index is 2.77. The lowest BCUT2D eigenvalue weighted by molar-refractivity contribution is -0.139. The van der Waals surface area contributed by atoms with E-state index in [0.29, 0.717) is 11.5 Å². The van der Waals surface area contributed by atoms with Gasteiger partial charge in [-0.15, -0.1) is 0 Å². The Labute approximate surface area is 92.3 Å². The molecule has 7 nitrogen and oxygen atoms in total. The summed E-state index contributed by atoms with van der Waals surface area (Å²) in [6.07, 6.45) is 0. The van der Waals surface area contributed by atoms with Gasteiger partial charge in [0, 0.05) is 5.56 Å². The van der Waals surface area contributed by atoms with Gasteiger partial charge in [-0.3, -0.25) is 15.0 Å². The molecule has 1 rings (SSSR count). The summed E-state index contributed by atoms with van der Waals surface area (Å²) in [7, 11) is 0. The summed E-state index contributed by atoms with van der Waals surface area (Å²) >= 11 is 0. The van der Waals surface area contributed by atoms with Gasteiger partial charge in [-0.25, -0.2) is 5.84 Å². The maximum Gasteiger partial charge on any atom is 0.323 e. The number of carbonyl (C=O) groups is 2. The molecule has 0 aliphatic rings. The van der Waals surface area contributed by atoms with E-state index in [1.54, 1.807) is 26.2 Å². The summed E-state index contributed by atoms with van der Waals surface area (Å²) < 4.78 is 4.96. The molecule has 0 aliphatic heterocycles. The van der Waals surface area contributed by atoms with E-state index in [9.17, 15) is 9.59 Å². The Bertz CT molecular complexity index is 393. The second-order valence-electron chi connectivity index (χ2n) is 3.41. The Morgan fingerprint density at radius 1 is 1.38 bits per heavy atom. The molecule has 1 aromatic heterocycles. The highest BCUT2D eigenvalue weighted by atomic mass is 16.5. The first-order valence-electron chi connectivity index (χ1n) is 4.71. The van der Waals surface area contributed by atoms with Crippen LogP contribution in [0.2, 0.25) is 0 Å². The Morgan fingerprint density at radius 2 is 2.00 bits per heavy atom. The van der Waals surface area contributed by atoms with Gasteiger partial charge in [0.2, 0.25) is 0 Å². The van der Waals surface area contributed by atoms with Crippen LogP contribution in [0.1, 0.15) is 30.0 Å². The first-order chi connectivity index (χ1) is 7.47. The highest BCUT2D eigenvalue weighted by molar-refractivity contribution is 6.34. The van der Waals surface area contributed by atoms with Crippen LogP contribution in [0.4, 0.5) is 0 Å². The van der Waals surface area contributed by atoms with E-state index in [-0.39, 0.29) is 6.04 Å². The quantitative estimate of drug-likeness (QED) is 0.271. The molecule has 0 aromatic carbocycles. The van der Waals surface area contributed by atoms with Gasteiger partial charge in [0.05, 0.1) is 11.7 Å². The molecular formula is C9H14N4O3. The zero-order valence-corrected chi connectivity index (χ0v) is 9.33. The number of hydrazine groups is 1. The highest BCUT2D eigenvalue weighted by Crippen LogP contribution is 2.20. The predicted molar refractivity (Wildman–Crippen MR) is 54.9 cm³/mol. The number of rotatable bonds is 2. The van der Waals surface area contributed by atoms with Gasteiger partial charge in [-0.05, 0) is 20.8 Å². The van der Waals surface area contributed by atoms with Gasteiger partial charge in [0.15, 0.2) is 0 Å². The normalized spacial score (nSPS) is 12.0. The SMILES string of the molecule is Cc1noc(C)c1C(C)NC(=O)C(=O)NN. The molecule has 16 heavy (non-hydrogen) atoms. The molecule has 1 aromatic rings. The first-order valence-corrected chi connectivity index (χ1v) is 4.71. The topological polar surface area (TPSA) is 110 Å². The van der Waals surface area contributed by atoms with E-state index in [4.69, 9.17) is 10.4 Å². The minimum atomic E-state index is -0.890. The summed E-state index contributed by atoms with van der Waals surface area (Å²) in [6.45, 7) is 5.23. The average molecular weight is 226 g/mol. The lowest BCUT2D eigenvalue weighted by atomic mass is 10.1. The maximum atomic E-state index is 11.2. The monoisotopic (exact) mass is 226 g/mol. The number of carbonyl (C=O) groups excluding carboxylic acids is 2. The molecule has 0 aliphatic carbocycles. The van der Waals surface area contributed by atoms with Crippen LogP contribution in [0.15, 0.2) is 4.52 Å². The van der Waals surface area contributed by atoms with Crippen LogP contribution in [0.25, 0.3) is 0 Å². The summed E-state index contributed by atoms with van der Waals surface area (Å²) in [6, 6.07) is -0.365. The summed E-state index contributed by atoms with van der Waals surface area (Å²) in [4.78, 5) is 22.1. The van der Waals surface area contributed by atoms with Crippen LogP contribution >= 0.6 is 0 Å². The third-order valence-electron chi connectivity index (χ3n) is 2.21. The van der Waals surface area contributed by atoms with Gasteiger partial charge < -0.3 is 9.84 Å². The maximum absolute atomic E-state index is 11.2. The fourth-order valence-corrected chi connectivity index (χ4v) is 1.51. The number of hydrogen-bond donors (Lipinski definition) is 3. The Hall–Kier alpha value is -1.89. The minimum absolute atomic E-state index is 0.365. The molecule has 1 atom stereocenters. The molecule has 0 radical (unpaired) electrons. The van der Waals surface area contributed by atoms with Crippen LogP contribution in [-0.2, 0) is 9.59 Å². The zero-order chi connectivity index (χ0) is 12.3. The lowest BCUT2D eigenvalue weighted by Gasteiger charge is -2.12. The lowest BCUT2D eigenvalue weighted by Crippen LogP contribution is -2.43. The summed E-state index contributed by atoms with van der Waals surface area (Å²) in [5.74, 6) is 3.76. The van der Waals surface area contributed by atoms with Crippen molar-refractivity contribution in [1.82, 2.24) is 15.9 Å². The van der Waals surface area contributed by atoms with Crippen molar-refractivity contribution in [2.45, 2.75) is 26.8 Å². The smallest absolute Gasteiger partial charge is 0.323 e. The fraction of sp³-hybridized carbons (Fsp3) is 0.444. The molecule has 0 saturated carbocycles. The highest BCUT2D eigenvalue weighted by Gasteiger charge is 2.20. The molecule has 0 spiro atoms. The van der Waals surface area contributed by atoms with Crippen LogP contribution in [0.3, 0.4) is 0 Å². The minimum Gasteiger partial charge on any atom is -0.361 e. The zero-order valence-electron chi connectivity index (χ0n) is 9.33. The van der Waals surface area contributed by atoms with Gasteiger partial charge in [0.1, 0.15) is 5.76 Å². The largest absolute Gasteiger partial charge is 0.361 e. The first kappa shape index (κ1) is 12.2. The molecule has 2 amide bonds. The van der Waals surface area contributed by atoms with Gasteiger partial charge in [-0.1, -0.05) is 5.16 Å². The molecule has 4 N–H and O–H groups in total. The molecular weight excluding hydrogens is 212 g/mol. The second-order valence-corrected chi connectivity index (χ2v) is 3.41. The molecule has 0 saturated heterocycles. The van der Waals surface area contributed by atoms with Gasteiger partial charge in [0.25, 0.3) is 0 Å². The molecule has 0 bridgehead atoms. The van der Waals surface area contributed by atoms with E-state index < -0.39 is 11.8 Å². The van der Waals surface area contributed by atoms with Crippen LogP contribution < -0.4 is 16.6 Å². The number of nitrogens with one attached hydrogen (secondary N) is 2. The molecule has 88 valence electrons. The van der Waals surface area contributed by atoms with E-state index in [0.717, 1.165) is 5.56 Å². The van der Waals surface area contributed by atoms with Crippen molar-refractivity contribution in [3.63, 3.8) is 0 Å². The molecule has 1 heterocycles. The number of amides is 2. The predicted octanol–water partition coefficient (Wildman–Crippen LogP) is -0.541. The third-order valence-corrected chi connectivity index (χ3v) is 2.21. The molecule has 0 fully saturated rings. The second kappa shape index (κ2) is 4.75. The van der Waals surface area contributed by atoms with Gasteiger partial charge in [-0.2, -0.15) is 0 Å². The summed E-state index contributed by atoms with van der Waals surface area (Å²) in [5, 5.41) is 6.24. The van der Waals surface area contributed by atoms with Crippen LogP contribution in [0.5, 0.6) is 0 Å².